The lowest BCUT2D eigenvalue weighted by Gasteiger charge is -2.13. The third-order valence-electron chi connectivity index (χ3n) is 3.29. The second kappa shape index (κ2) is 7.35. The van der Waals surface area contributed by atoms with Crippen molar-refractivity contribution in [1.29, 1.82) is 5.26 Å². The molecule has 0 aliphatic carbocycles. The Morgan fingerprint density at radius 1 is 1.36 bits per heavy atom. The third-order valence-corrected chi connectivity index (χ3v) is 6.12. The van der Waals surface area contributed by atoms with Gasteiger partial charge in [-0.05, 0) is 24.8 Å². The summed E-state index contributed by atoms with van der Waals surface area (Å²) < 4.78 is 25.8. The number of thioether (sulfide) groups is 1. The van der Waals surface area contributed by atoms with Crippen LogP contribution >= 0.6 is 23.4 Å². The van der Waals surface area contributed by atoms with Gasteiger partial charge in [-0.1, -0.05) is 41.6 Å². The molecule has 1 aromatic heterocycles. The first-order chi connectivity index (χ1) is 11.7. The number of nitro groups is 1. The van der Waals surface area contributed by atoms with Crippen LogP contribution in [0, 0.1) is 28.4 Å². The number of nitrogens with zero attached hydrogens (tertiary/aromatic N) is 4. The normalized spacial score (nSPS) is 12.4. The quantitative estimate of drug-likeness (QED) is 0.247. The largest absolute Gasteiger partial charge is 0.330 e. The van der Waals surface area contributed by atoms with Crippen LogP contribution in [0.25, 0.3) is 0 Å². The van der Waals surface area contributed by atoms with Gasteiger partial charge in [-0.3, -0.25) is 10.1 Å². The number of hydrogen-bond donors (Lipinski definition) is 0. The molecule has 0 radical (unpaired) electrons. The van der Waals surface area contributed by atoms with E-state index < -0.39 is 36.5 Å². The molecular weight excluding hydrogens is 388 g/mol. The van der Waals surface area contributed by atoms with E-state index in [9.17, 15) is 23.8 Å². The fraction of sp³-hybridized carbons (Fsp3) is 0.214. The van der Waals surface area contributed by atoms with Crippen molar-refractivity contribution >= 4 is 38.9 Å². The number of halogens is 1. The zero-order valence-electron chi connectivity index (χ0n) is 13.0. The standard InChI is InChI=1S/C14H11ClN4O4S2/c1-8-5-3-4-6-9(8)25(22,23)10(7-16)11-12(19(20)21)13(15)18-14(17-11)24-2/h3-6,10H,1-2H3. The molecule has 1 aromatic carbocycles. The highest BCUT2D eigenvalue weighted by atomic mass is 35.5. The Bertz CT molecular complexity index is 989. The molecule has 0 spiro atoms. The van der Waals surface area contributed by atoms with Crippen LogP contribution in [-0.2, 0) is 9.84 Å². The maximum Gasteiger partial charge on any atom is 0.330 e. The van der Waals surface area contributed by atoms with Crippen LogP contribution in [0.3, 0.4) is 0 Å². The van der Waals surface area contributed by atoms with Gasteiger partial charge in [-0.15, -0.1) is 0 Å². The number of benzene rings is 1. The van der Waals surface area contributed by atoms with Crippen molar-refractivity contribution in [2.24, 2.45) is 0 Å². The van der Waals surface area contributed by atoms with Gasteiger partial charge in [0.15, 0.2) is 10.9 Å². The van der Waals surface area contributed by atoms with E-state index in [1.807, 2.05) is 0 Å². The van der Waals surface area contributed by atoms with Crippen LogP contribution in [0.2, 0.25) is 5.15 Å². The number of sulfone groups is 1. The van der Waals surface area contributed by atoms with Crippen LogP contribution in [-0.4, -0.2) is 29.6 Å². The van der Waals surface area contributed by atoms with Crippen molar-refractivity contribution in [3.8, 4) is 6.07 Å². The van der Waals surface area contributed by atoms with Gasteiger partial charge in [0.1, 0.15) is 0 Å². The van der Waals surface area contributed by atoms with Crippen LogP contribution in [0.1, 0.15) is 16.5 Å². The van der Waals surface area contributed by atoms with E-state index in [0.717, 1.165) is 11.8 Å². The molecule has 0 N–H and O–H groups in total. The maximum atomic E-state index is 12.9. The first-order valence-electron chi connectivity index (χ1n) is 6.69. The first-order valence-corrected chi connectivity index (χ1v) is 9.84. The predicted molar refractivity (Wildman–Crippen MR) is 92.2 cm³/mol. The van der Waals surface area contributed by atoms with Crippen LogP contribution in [0.5, 0.6) is 0 Å². The zero-order chi connectivity index (χ0) is 18.8. The molecule has 0 aliphatic heterocycles. The molecule has 0 aliphatic rings. The van der Waals surface area contributed by atoms with Gasteiger partial charge in [-0.25, -0.2) is 18.4 Å². The van der Waals surface area contributed by atoms with Gasteiger partial charge in [-0.2, -0.15) is 5.26 Å². The lowest BCUT2D eigenvalue weighted by molar-refractivity contribution is -0.386. The number of aryl methyl sites for hydroxylation is 1. The topological polar surface area (TPSA) is 127 Å². The summed E-state index contributed by atoms with van der Waals surface area (Å²) in [4.78, 5) is 18.0. The molecule has 2 rings (SSSR count). The summed E-state index contributed by atoms with van der Waals surface area (Å²) in [6.45, 7) is 1.57. The molecule has 0 amide bonds. The van der Waals surface area contributed by atoms with Crippen molar-refractivity contribution in [2.75, 3.05) is 6.26 Å². The molecule has 2 aromatic rings. The summed E-state index contributed by atoms with van der Waals surface area (Å²) in [5, 5.41) is 18.4. The second-order valence-corrected chi connectivity index (χ2v) is 7.94. The van der Waals surface area contributed by atoms with Gasteiger partial charge in [0.25, 0.3) is 0 Å². The number of hydrogen-bond acceptors (Lipinski definition) is 8. The van der Waals surface area contributed by atoms with Gasteiger partial charge >= 0.3 is 5.69 Å². The zero-order valence-corrected chi connectivity index (χ0v) is 15.4. The Morgan fingerprint density at radius 2 is 2.00 bits per heavy atom. The Balaban J connectivity index is 2.78. The van der Waals surface area contributed by atoms with Crippen molar-refractivity contribution in [3.05, 3.63) is 50.8 Å². The van der Waals surface area contributed by atoms with Crippen LogP contribution in [0.15, 0.2) is 34.3 Å². The van der Waals surface area contributed by atoms with Gasteiger partial charge in [0, 0.05) is 0 Å². The lowest BCUT2D eigenvalue weighted by atomic mass is 10.2. The van der Waals surface area contributed by atoms with E-state index in [2.05, 4.69) is 9.97 Å². The van der Waals surface area contributed by atoms with Crippen molar-refractivity contribution in [2.45, 2.75) is 22.2 Å². The fourth-order valence-corrected chi connectivity index (χ4v) is 4.45. The van der Waals surface area contributed by atoms with Gasteiger partial charge < -0.3 is 0 Å². The highest BCUT2D eigenvalue weighted by molar-refractivity contribution is 7.98. The molecule has 11 heteroatoms. The van der Waals surface area contributed by atoms with E-state index in [1.165, 1.54) is 12.1 Å². The minimum absolute atomic E-state index is 0.0332. The summed E-state index contributed by atoms with van der Waals surface area (Å²) in [6.07, 6.45) is 1.60. The molecule has 0 saturated heterocycles. The molecular formula is C14H11ClN4O4S2. The van der Waals surface area contributed by atoms with Crippen molar-refractivity contribution in [3.63, 3.8) is 0 Å². The molecule has 1 atom stereocenters. The Hall–Kier alpha value is -2.22. The van der Waals surface area contributed by atoms with E-state index in [4.69, 9.17) is 11.6 Å². The third kappa shape index (κ3) is 3.58. The van der Waals surface area contributed by atoms with Gasteiger partial charge in [0.2, 0.25) is 20.2 Å². The van der Waals surface area contributed by atoms with Crippen molar-refractivity contribution in [1.82, 2.24) is 9.97 Å². The fourth-order valence-electron chi connectivity index (χ4n) is 2.15. The minimum atomic E-state index is -4.26. The van der Waals surface area contributed by atoms with E-state index in [0.29, 0.717) is 5.56 Å². The molecule has 130 valence electrons. The molecule has 0 bridgehead atoms. The Morgan fingerprint density at radius 3 is 2.52 bits per heavy atom. The summed E-state index contributed by atoms with van der Waals surface area (Å²) in [7, 11) is -4.26. The van der Waals surface area contributed by atoms with Crippen LogP contribution < -0.4 is 0 Å². The Labute approximate surface area is 152 Å². The SMILES string of the molecule is CSc1nc(Cl)c([N+](=O)[O-])c(C(C#N)S(=O)(=O)c2ccccc2C)n1. The maximum absolute atomic E-state index is 12.9. The summed E-state index contributed by atoms with van der Waals surface area (Å²) in [5.74, 6) is 0. The summed E-state index contributed by atoms with van der Waals surface area (Å²) >= 11 is 6.85. The number of nitriles is 1. The van der Waals surface area contributed by atoms with Gasteiger partial charge in [0.05, 0.1) is 15.9 Å². The summed E-state index contributed by atoms with van der Waals surface area (Å²) in [6, 6.07) is 7.65. The highest BCUT2D eigenvalue weighted by Gasteiger charge is 2.39. The summed E-state index contributed by atoms with van der Waals surface area (Å²) in [5.41, 5.74) is -0.918. The first kappa shape index (κ1) is 19.1. The average Bonchev–Trinajstić information content (AvgIpc) is 2.54. The number of rotatable bonds is 5. The van der Waals surface area contributed by atoms with E-state index in [1.54, 1.807) is 31.4 Å². The van der Waals surface area contributed by atoms with Crippen molar-refractivity contribution < 1.29 is 13.3 Å². The molecule has 25 heavy (non-hydrogen) atoms. The predicted octanol–water partition coefficient (Wildman–Crippen LogP) is 3.11. The second-order valence-electron chi connectivity index (χ2n) is 4.81. The molecule has 1 heterocycles. The molecule has 1 unspecified atom stereocenters. The molecule has 0 saturated carbocycles. The average molecular weight is 399 g/mol. The minimum Gasteiger partial charge on any atom is -0.258 e. The molecule has 8 nitrogen and oxygen atoms in total. The number of aromatic nitrogens is 2. The lowest BCUT2D eigenvalue weighted by Crippen LogP contribution is -2.17. The van der Waals surface area contributed by atoms with E-state index in [-0.39, 0.29) is 10.1 Å². The smallest absolute Gasteiger partial charge is 0.258 e. The molecule has 0 fully saturated rings. The highest BCUT2D eigenvalue weighted by Crippen LogP contribution is 2.37. The van der Waals surface area contributed by atoms with E-state index >= 15 is 0 Å². The van der Waals surface area contributed by atoms with Crippen LogP contribution in [0.4, 0.5) is 5.69 Å². The monoisotopic (exact) mass is 398 g/mol. The Kier molecular flexibility index (Phi) is 5.62.